The fraction of sp³-hybridized carbons (Fsp3) is 0.771. The maximum absolute atomic E-state index is 14.0. The molecule has 0 aromatic heterocycles. The molecule has 0 amide bonds. The highest BCUT2D eigenvalue weighted by molar-refractivity contribution is 5.93. The summed E-state index contributed by atoms with van der Waals surface area (Å²) >= 11 is 0. The lowest BCUT2D eigenvalue weighted by molar-refractivity contribution is -0.156. The first-order valence-electron chi connectivity index (χ1n) is 16.1. The summed E-state index contributed by atoms with van der Waals surface area (Å²) in [6.45, 7) is 17.1. The highest BCUT2D eigenvalue weighted by Crippen LogP contribution is 2.87. The van der Waals surface area contributed by atoms with Gasteiger partial charge in [-0.1, -0.05) is 47.3 Å². The van der Waals surface area contributed by atoms with Crippen molar-refractivity contribution in [3.63, 3.8) is 0 Å². The van der Waals surface area contributed by atoms with E-state index in [1.54, 1.807) is 0 Å². The van der Waals surface area contributed by atoms with E-state index in [0.717, 1.165) is 32.1 Å². The first-order valence-corrected chi connectivity index (χ1v) is 16.1. The number of carbonyl (C=O) groups is 4. The third-order valence-electron chi connectivity index (χ3n) is 13.3. The van der Waals surface area contributed by atoms with Crippen LogP contribution in [0.2, 0.25) is 0 Å². The normalized spacial score (nSPS) is 42.8. The van der Waals surface area contributed by atoms with E-state index >= 15 is 0 Å². The van der Waals surface area contributed by atoms with Crippen LogP contribution >= 0.6 is 0 Å². The van der Waals surface area contributed by atoms with Crippen molar-refractivity contribution in [2.75, 3.05) is 13.4 Å². The minimum atomic E-state index is -1.39. The Morgan fingerprint density at radius 3 is 2.44 bits per heavy atom. The zero-order valence-corrected chi connectivity index (χ0v) is 26.9. The van der Waals surface area contributed by atoms with Gasteiger partial charge < -0.3 is 19.3 Å². The van der Waals surface area contributed by atoms with Crippen LogP contribution in [0.25, 0.3) is 0 Å². The Balaban J connectivity index is 1.39. The molecule has 0 aromatic rings. The van der Waals surface area contributed by atoms with Gasteiger partial charge in [0.2, 0.25) is 0 Å². The van der Waals surface area contributed by atoms with Crippen LogP contribution in [0.3, 0.4) is 0 Å². The summed E-state index contributed by atoms with van der Waals surface area (Å²) in [7, 11) is 0. The first kappa shape index (κ1) is 32.1. The van der Waals surface area contributed by atoms with Gasteiger partial charge in [0.05, 0.1) is 6.61 Å². The van der Waals surface area contributed by atoms with Crippen LogP contribution in [0.15, 0.2) is 24.3 Å². The Morgan fingerprint density at radius 1 is 1.09 bits per heavy atom. The largest absolute Gasteiger partial charge is 0.462 e. The van der Waals surface area contributed by atoms with Gasteiger partial charge in [0.25, 0.3) is 0 Å². The summed E-state index contributed by atoms with van der Waals surface area (Å²) in [6, 6.07) is 0. The lowest BCUT2D eigenvalue weighted by atomic mass is 9.43. The number of fused-ring (bicyclic) bond motifs is 2. The molecule has 12 atom stereocenters. The number of ether oxygens (including phenoxy) is 3. The van der Waals surface area contributed by atoms with Gasteiger partial charge in [-0.3, -0.25) is 19.2 Å². The fourth-order valence-electron chi connectivity index (χ4n) is 10.9. The fourth-order valence-corrected chi connectivity index (χ4v) is 10.9. The van der Waals surface area contributed by atoms with E-state index in [9.17, 15) is 24.3 Å². The van der Waals surface area contributed by atoms with Crippen molar-refractivity contribution in [2.45, 2.75) is 99.2 Å². The second kappa shape index (κ2) is 10.9. The number of rotatable bonds is 10. The lowest BCUT2D eigenvalue weighted by Crippen LogP contribution is -2.55. The van der Waals surface area contributed by atoms with Gasteiger partial charge in [-0.2, -0.15) is 0 Å². The molecule has 8 nitrogen and oxygen atoms in total. The Bertz CT molecular complexity index is 1240. The lowest BCUT2D eigenvalue weighted by Gasteiger charge is -2.60. The van der Waals surface area contributed by atoms with Gasteiger partial charge in [0, 0.05) is 37.5 Å². The van der Waals surface area contributed by atoms with Crippen molar-refractivity contribution in [3.05, 3.63) is 24.3 Å². The second-order valence-corrected chi connectivity index (χ2v) is 15.0. The highest BCUT2D eigenvalue weighted by atomic mass is 16.7. The molecule has 0 aliphatic heterocycles. The van der Waals surface area contributed by atoms with Crippen LogP contribution in [-0.4, -0.2) is 54.2 Å². The zero-order valence-electron chi connectivity index (χ0n) is 26.9. The average molecular weight is 599 g/mol. The topological polar surface area (TPSA) is 116 Å². The van der Waals surface area contributed by atoms with Crippen molar-refractivity contribution in [1.82, 2.24) is 0 Å². The molecule has 5 rings (SSSR count). The maximum Gasteiger partial charge on any atom is 0.304 e. The molecular formula is C35H50O8. The van der Waals surface area contributed by atoms with E-state index in [0.29, 0.717) is 23.8 Å². The molecule has 43 heavy (non-hydrogen) atoms. The van der Waals surface area contributed by atoms with Crippen molar-refractivity contribution in [1.29, 1.82) is 0 Å². The summed E-state index contributed by atoms with van der Waals surface area (Å²) in [5, 5.41) is 11.2. The van der Waals surface area contributed by atoms with Crippen LogP contribution < -0.4 is 0 Å². The summed E-state index contributed by atoms with van der Waals surface area (Å²) in [6.07, 6.45) is 8.06. The molecule has 3 unspecified atom stereocenters. The predicted molar refractivity (Wildman–Crippen MR) is 159 cm³/mol. The molecule has 5 aliphatic carbocycles. The summed E-state index contributed by atoms with van der Waals surface area (Å²) in [4.78, 5) is 50.0. The van der Waals surface area contributed by atoms with Gasteiger partial charge in [0.15, 0.2) is 18.4 Å². The van der Waals surface area contributed by atoms with Crippen molar-refractivity contribution < 1.29 is 38.5 Å². The molecule has 0 saturated heterocycles. The Kier molecular flexibility index (Phi) is 8.16. The Labute approximate surface area is 256 Å². The van der Waals surface area contributed by atoms with E-state index in [2.05, 4.69) is 33.4 Å². The number of hydrogen-bond donors (Lipinski definition) is 1. The van der Waals surface area contributed by atoms with Crippen LogP contribution in [0, 0.1) is 57.2 Å². The SMILES string of the molecule is C=C(C(O)C(=O)[C@@H](C)[C@H]1[C@@H](OC(C)=O)C[C@@]2(C)C3CCC4[C@H](C)C(=O)C=C[C@@]45C[C@@]35CC[C@]12C)[C@@H](C)COCOC(C)=O. The van der Waals surface area contributed by atoms with Gasteiger partial charge in [-0.05, 0) is 83.7 Å². The molecule has 0 aromatic carbocycles. The van der Waals surface area contributed by atoms with Gasteiger partial charge in [-0.15, -0.1) is 0 Å². The molecule has 0 radical (unpaired) electrons. The first-order chi connectivity index (χ1) is 20.1. The number of hydrogen-bond acceptors (Lipinski definition) is 8. The standard InChI is InChI=1S/C35H50O8/c1-19(16-41-18-42-23(5)36)20(2)30(39)31(40)22(4)29-27(43-24(6)37)15-33(8)28-10-9-25-21(3)26(38)11-12-34(25)17-35(28,34)14-13-32(29,33)7/h11-12,19,21-22,25,27-30,39H,2,9-10,13-18H2,1,3-8H3/t19-,21-,22-,25?,27-,28?,29-,30?,32+,33-,34+,35-/m0/s1. The molecule has 4 fully saturated rings. The third kappa shape index (κ3) is 4.68. The van der Waals surface area contributed by atoms with Crippen LogP contribution in [0.4, 0.5) is 0 Å². The van der Waals surface area contributed by atoms with Crippen molar-refractivity contribution >= 4 is 23.5 Å². The maximum atomic E-state index is 14.0. The van der Waals surface area contributed by atoms with E-state index in [-0.39, 0.29) is 70.3 Å². The number of aliphatic hydroxyl groups excluding tert-OH is 1. The van der Waals surface area contributed by atoms with E-state index in [4.69, 9.17) is 14.2 Å². The van der Waals surface area contributed by atoms with E-state index in [1.807, 2.05) is 19.9 Å². The van der Waals surface area contributed by atoms with E-state index in [1.165, 1.54) is 13.8 Å². The number of esters is 2. The molecule has 0 bridgehead atoms. The smallest absolute Gasteiger partial charge is 0.304 e. The molecule has 8 heteroatoms. The number of allylic oxidation sites excluding steroid dienone is 2. The van der Waals surface area contributed by atoms with E-state index < -0.39 is 24.1 Å². The monoisotopic (exact) mass is 598 g/mol. The predicted octanol–water partition coefficient (Wildman–Crippen LogP) is 5.22. The van der Waals surface area contributed by atoms with Crippen LogP contribution in [-0.2, 0) is 33.4 Å². The Morgan fingerprint density at radius 2 is 1.79 bits per heavy atom. The summed E-state index contributed by atoms with van der Waals surface area (Å²) < 4.78 is 16.2. The Hall–Kier alpha value is -2.32. The van der Waals surface area contributed by atoms with Crippen LogP contribution in [0.5, 0.6) is 0 Å². The number of ketones is 2. The average Bonchev–Trinajstić information content (AvgIpc) is 3.55. The second-order valence-electron chi connectivity index (χ2n) is 15.0. The van der Waals surface area contributed by atoms with Gasteiger partial charge >= 0.3 is 11.9 Å². The summed E-state index contributed by atoms with van der Waals surface area (Å²) in [5.74, 6) is -1.20. The van der Waals surface area contributed by atoms with Gasteiger partial charge in [0.1, 0.15) is 12.2 Å². The number of aliphatic hydroxyl groups is 1. The highest BCUT2D eigenvalue weighted by Gasteiger charge is 2.81. The zero-order chi connectivity index (χ0) is 31.7. The molecule has 1 N–H and O–H groups in total. The molecule has 5 aliphatic rings. The quantitative estimate of drug-likeness (QED) is 0.158. The molecule has 4 saturated carbocycles. The third-order valence-corrected chi connectivity index (χ3v) is 13.3. The van der Waals surface area contributed by atoms with Crippen molar-refractivity contribution in [3.8, 4) is 0 Å². The molecule has 238 valence electrons. The van der Waals surface area contributed by atoms with Crippen LogP contribution in [0.1, 0.15) is 87.0 Å². The summed E-state index contributed by atoms with van der Waals surface area (Å²) in [5.41, 5.74) is 0.119. The molecule has 2 spiro atoms. The minimum Gasteiger partial charge on any atom is -0.462 e. The van der Waals surface area contributed by atoms with Gasteiger partial charge in [-0.25, -0.2) is 0 Å². The number of Topliss-reactive ketones (excluding diaryl/α,β-unsaturated/α-hetero) is 1. The van der Waals surface area contributed by atoms with Crippen molar-refractivity contribution in [2.24, 2.45) is 57.2 Å². The molecular weight excluding hydrogens is 548 g/mol. The number of carbonyl (C=O) groups excluding carboxylic acids is 4. The molecule has 0 heterocycles. The minimum absolute atomic E-state index is 0.0539.